The van der Waals surface area contributed by atoms with Crippen LogP contribution in [0.15, 0.2) is 28.7 Å². The summed E-state index contributed by atoms with van der Waals surface area (Å²) in [7, 11) is 0. The second-order valence-corrected chi connectivity index (χ2v) is 6.33. The highest BCUT2D eigenvalue weighted by Crippen LogP contribution is 2.43. The molecule has 0 saturated heterocycles. The number of primary amides is 1. The molecule has 1 aromatic rings. The molecule has 3 nitrogen and oxygen atoms in total. The van der Waals surface area contributed by atoms with Crippen LogP contribution >= 0.6 is 15.9 Å². The standard InChI is InChI=1S/C14H16BrF3N2O/c15-10-3-5-11(6-4-10)20-13(12(19)21)7-1-2-9(8-13)14(16,17)18/h3-6,9,20H,1-2,7-8H2,(H2,19,21). The molecular weight excluding hydrogens is 349 g/mol. The van der Waals surface area contributed by atoms with Crippen LogP contribution in [-0.4, -0.2) is 17.6 Å². The van der Waals surface area contributed by atoms with Gasteiger partial charge in [0.15, 0.2) is 0 Å². The quantitative estimate of drug-likeness (QED) is 0.855. The maximum atomic E-state index is 13.0. The molecule has 0 bridgehead atoms. The smallest absolute Gasteiger partial charge is 0.371 e. The minimum atomic E-state index is -4.30. The molecule has 1 saturated carbocycles. The average Bonchev–Trinajstić information content (AvgIpc) is 2.40. The number of anilines is 1. The van der Waals surface area contributed by atoms with Crippen LogP contribution in [0.3, 0.4) is 0 Å². The molecule has 2 atom stereocenters. The van der Waals surface area contributed by atoms with Crippen molar-refractivity contribution in [1.82, 2.24) is 0 Å². The number of carbonyl (C=O) groups is 1. The lowest BCUT2D eigenvalue weighted by atomic mass is 9.74. The van der Waals surface area contributed by atoms with Crippen LogP contribution in [0.5, 0.6) is 0 Å². The number of benzene rings is 1. The lowest BCUT2D eigenvalue weighted by molar-refractivity contribution is -0.186. The number of hydrogen-bond donors (Lipinski definition) is 2. The zero-order valence-electron chi connectivity index (χ0n) is 11.2. The molecule has 21 heavy (non-hydrogen) atoms. The summed E-state index contributed by atoms with van der Waals surface area (Å²) in [6.45, 7) is 0. The van der Waals surface area contributed by atoms with Crippen LogP contribution < -0.4 is 11.1 Å². The van der Waals surface area contributed by atoms with Crippen molar-refractivity contribution in [3.8, 4) is 0 Å². The van der Waals surface area contributed by atoms with E-state index in [9.17, 15) is 18.0 Å². The van der Waals surface area contributed by atoms with Gasteiger partial charge in [0.25, 0.3) is 0 Å². The van der Waals surface area contributed by atoms with Crippen molar-refractivity contribution >= 4 is 27.5 Å². The summed E-state index contributed by atoms with van der Waals surface area (Å²) in [5.74, 6) is -2.24. The van der Waals surface area contributed by atoms with E-state index in [0.29, 0.717) is 18.5 Å². The summed E-state index contributed by atoms with van der Waals surface area (Å²) < 4.78 is 39.7. The van der Waals surface area contributed by atoms with Crippen LogP contribution in [0.25, 0.3) is 0 Å². The van der Waals surface area contributed by atoms with E-state index in [0.717, 1.165) is 4.47 Å². The van der Waals surface area contributed by atoms with E-state index in [2.05, 4.69) is 21.2 Å². The first-order valence-electron chi connectivity index (χ1n) is 6.63. The van der Waals surface area contributed by atoms with Crippen LogP contribution in [0, 0.1) is 5.92 Å². The third-order valence-corrected chi connectivity index (χ3v) is 4.44. The molecule has 1 amide bonds. The number of halogens is 4. The van der Waals surface area contributed by atoms with Gasteiger partial charge in [-0.1, -0.05) is 15.9 Å². The fourth-order valence-corrected chi connectivity index (χ4v) is 3.03. The van der Waals surface area contributed by atoms with Crippen molar-refractivity contribution in [2.45, 2.75) is 37.4 Å². The highest BCUT2D eigenvalue weighted by atomic mass is 79.9. The van der Waals surface area contributed by atoms with E-state index in [1.54, 1.807) is 24.3 Å². The molecule has 0 heterocycles. The van der Waals surface area contributed by atoms with E-state index >= 15 is 0 Å². The summed E-state index contributed by atoms with van der Waals surface area (Å²) in [6, 6.07) is 6.90. The van der Waals surface area contributed by atoms with Crippen LogP contribution in [-0.2, 0) is 4.79 Å². The second-order valence-electron chi connectivity index (χ2n) is 5.41. The number of hydrogen-bond acceptors (Lipinski definition) is 2. The van der Waals surface area contributed by atoms with Gasteiger partial charge in [0.2, 0.25) is 5.91 Å². The number of alkyl halides is 3. The normalized spacial score (nSPS) is 26.4. The Morgan fingerprint density at radius 1 is 1.33 bits per heavy atom. The highest BCUT2D eigenvalue weighted by molar-refractivity contribution is 9.10. The van der Waals surface area contributed by atoms with Gasteiger partial charge in [0.1, 0.15) is 5.54 Å². The summed E-state index contributed by atoms with van der Waals surface area (Å²) in [4.78, 5) is 11.8. The van der Waals surface area contributed by atoms with Crippen LogP contribution in [0.1, 0.15) is 25.7 Å². The minimum absolute atomic E-state index is 0.0422. The Morgan fingerprint density at radius 2 is 1.95 bits per heavy atom. The van der Waals surface area contributed by atoms with Crippen molar-refractivity contribution in [2.75, 3.05) is 5.32 Å². The van der Waals surface area contributed by atoms with Gasteiger partial charge >= 0.3 is 6.18 Å². The Hall–Kier alpha value is -1.24. The van der Waals surface area contributed by atoms with Crippen molar-refractivity contribution in [2.24, 2.45) is 11.7 Å². The van der Waals surface area contributed by atoms with Crippen LogP contribution in [0.4, 0.5) is 18.9 Å². The largest absolute Gasteiger partial charge is 0.391 e. The first kappa shape index (κ1) is 16.1. The third-order valence-electron chi connectivity index (χ3n) is 3.91. The molecule has 116 valence electrons. The van der Waals surface area contributed by atoms with Gasteiger partial charge in [-0.05, 0) is 49.9 Å². The minimum Gasteiger partial charge on any atom is -0.371 e. The van der Waals surface area contributed by atoms with E-state index in [1.807, 2.05) is 0 Å². The Balaban J connectivity index is 2.24. The van der Waals surface area contributed by atoms with E-state index in [4.69, 9.17) is 5.73 Å². The number of nitrogens with two attached hydrogens (primary N) is 1. The molecule has 2 rings (SSSR count). The maximum Gasteiger partial charge on any atom is 0.391 e. The van der Waals surface area contributed by atoms with Gasteiger partial charge in [0, 0.05) is 10.2 Å². The van der Waals surface area contributed by atoms with Gasteiger partial charge in [-0.25, -0.2) is 0 Å². The Bertz CT molecular complexity index is 518. The lowest BCUT2D eigenvalue weighted by Gasteiger charge is -2.40. The predicted molar refractivity (Wildman–Crippen MR) is 77.7 cm³/mol. The predicted octanol–water partition coefficient (Wildman–Crippen LogP) is 3.84. The van der Waals surface area contributed by atoms with E-state index < -0.39 is 23.5 Å². The number of amides is 1. The Labute approximate surface area is 129 Å². The summed E-state index contributed by atoms with van der Waals surface area (Å²) in [5, 5.41) is 2.93. The molecule has 1 aromatic carbocycles. The number of rotatable bonds is 3. The van der Waals surface area contributed by atoms with E-state index in [-0.39, 0.29) is 12.8 Å². The third kappa shape index (κ3) is 3.70. The SMILES string of the molecule is NC(=O)C1(Nc2ccc(Br)cc2)CCCC(C(F)(F)F)C1. The highest BCUT2D eigenvalue weighted by Gasteiger charge is 2.50. The zero-order valence-corrected chi connectivity index (χ0v) is 12.8. The molecule has 0 radical (unpaired) electrons. The van der Waals surface area contributed by atoms with Gasteiger partial charge in [-0.3, -0.25) is 4.79 Å². The van der Waals surface area contributed by atoms with Gasteiger partial charge in [-0.15, -0.1) is 0 Å². The van der Waals surface area contributed by atoms with Crippen molar-refractivity contribution in [3.05, 3.63) is 28.7 Å². The lowest BCUT2D eigenvalue weighted by Crippen LogP contribution is -2.55. The number of carbonyl (C=O) groups excluding carboxylic acids is 1. The molecule has 0 aliphatic heterocycles. The monoisotopic (exact) mass is 364 g/mol. The van der Waals surface area contributed by atoms with Gasteiger partial charge in [-0.2, -0.15) is 13.2 Å². The topological polar surface area (TPSA) is 55.1 Å². The van der Waals surface area contributed by atoms with Crippen molar-refractivity contribution < 1.29 is 18.0 Å². The molecule has 0 aromatic heterocycles. The molecule has 1 fully saturated rings. The average molecular weight is 365 g/mol. The first-order valence-corrected chi connectivity index (χ1v) is 7.43. The first-order chi connectivity index (χ1) is 9.73. The molecule has 2 unspecified atom stereocenters. The Morgan fingerprint density at radius 3 is 2.48 bits per heavy atom. The summed E-state index contributed by atoms with van der Waals surface area (Å²) in [5.41, 5.74) is 4.65. The van der Waals surface area contributed by atoms with Crippen LogP contribution in [0.2, 0.25) is 0 Å². The molecule has 7 heteroatoms. The summed E-state index contributed by atoms with van der Waals surface area (Å²) >= 11 is 3.28. The number of nitrogens with one attached hydrogen (secondary N) is 1. The maximum absolute atomic E-state index is 13.0. The van der Waals surface area contributed by atoms with E-state index in [1.165, 1.54) is 0 Å². The fourth-order valence-electron chi connectivity index (χ4n) is 2.76. The molecule has 1 aliphatic rings. The Kier molecular flexibility index (Phi) is 4.51. The second kappa shape index (κ2) is 5.87. The molecular formula is C14H16BrF3N2O. The fraction of sp³-hybridized carbons (Fsp3) is 0.500. The van der Waals surface area contributed by atoms with Gasteiger partial charge < -0.3 is 11.1 Å². The van der Waals surface area contributed by atoms with Crippen molar-refractivity contribution in [1.29, 1.82) is 0 Å². The van der Waals surface area contributed by atoms with Gasteiger partial charge in [0.05, 0.1) is 5.92 Å². The van der Waals surface area contributed by atoms with Crippen molar-refractivity contribution in [3.63, 3.8) is 0 Å². The zero-order chi connectivity index (χ0) is 15.7. The molecule has 1 aliphatic carbocycles. The molecule has 0 spiro atoms. The summed E-state index contributed by atoms with van der Waals surface area (Å²) in [6.07, 6.45) is -3.95. The molecule has 3 N–H and O–H groups in total.